The van der Waals surface area contributed by atoms with Crippen LogP contribution in [0.1, 0.15) is 0 Å². The SMILES string of the molecule is NCCNCF. The van der Waals surface area contributed by atoms with E-state index in [2.05, 4.69) is 5.32 Å². The van der Waals surface area contributed by atoms with E-state index in [1.165, 1.54) is 0 Å². The van der Waals surface area contributed by atoms with Crippen LogP contribution in [-0.2, 0) is 0 Å². The molecule has 0 aromatic rings. The van der Waals surface area contributed by atoms with E-state index in [1.54, 1.807) is 0 Å². The molecule has 0 aromatic heterocycles. The summed E-state index contributed by atoms with van der Waals surface area (Å²) in [5.41, 5.74) is 4.99. The van der Waals surface area contributed by atoms with E-state index in [0.717, 1.165) is 0 Å². The van der Waals surface area contributed by atoms with Gasteiger partial charge in [0.2, 0.25) is 0 Å². The first-order chi connectivity index (χ1) is 2.91. The highest BCUT2D eigenvalue weighted by atomic mass is 19.1. The number of alkyl halides is 1. The number of hydrogen-bond donors (Lipinski definition) is 2. The van der Waals surface area contributed by atoms with Gasteiger partial charge in [0.1, 0.15) is 6.80 Å². The van der Waals surface area contributed by atoms with Crippen LogP contribution in [-0.4, -0.2) is 19.9 Å². The first kappa shape index (κ1) is 5.85. The van der Waals surface area contributed by atoms with E-state index in [0.29, 0.717) is 13.1 Å². The van der Waals surface area contributed by atoms with Gasteiger partial charge in [-0.05, 0) is 0 Å². The van der Waals surface area contributed by atoms with E-state index in [4.69, 9.17) is 5.73 Å². The van der Waals surface area contributed by atoms with Crippen LogP contribution in [0.4, 0.5) is 4.39 Å². The van der Waals surface area contributed by atoms with Gasteiger partial charge in [0.05, 0.1) is 0 Å². The van der Waals surface area contributed by atoms with Gasteiger partial charge in [0.25, 0.3) is 0 Å². The number of rotatable bonds is 3. The summed E-state index contributed by atoms with van der Waals surface area (Å²) in [6.07, 6.45) is 0. The van der Waals surface area contributed by atoms with Crippen molar-refractivity contribution in [1.82, 2.24) is 5.32 Å². The second kappa shape index (κ2) is 4.85. The molecule has 0 heterocycles. The lowest BCUT2D eigenvalue weighted by Gasteiger charge is -1.89. The summed E-state index contributed by atoms with van der Waals surface area (Å²) in [5.74, 6) is 0. The zero-order valence-corrected chi connectivity index (χ0v) is 3.58. The number of nitrogens with one attached hydrogen (secondary N) is 1. The second-order valence-electron chi connectivity index (χ2n) is 0.922. The van der Waals surface area contributed by atoms with Gasteiger partial charge in [0, 0.05) is 13.1 Å². The highest BCUT2D eigenvalue weighted by Crippen LogP contribution is 1.53. The Hall–Kier alpha value is -0.150. The Labute approximate surface area is 36.5 Å². The van der Waals surface area contributed by atoms with Crippen molar-refractivity contribution >= 4 is 0 Å². The summed E-state index contributed by atoms with van der Waals surface area (Å²) in [6, 6.07) is 0. The Balaban J connectivity index is 2.34. The normalized spacial score (nSPS) is 9.00. The Bertz CT molecular complexity index is 20.8. The van der Waals surface area contributed by atoms with Crippen molar-refractivity contribution in [1.29, 1.82) is 0 Å². The number of hydrogen-bond acceptors (Lipinski definition) is 2. The fourth-order valence-corrected chi connectivity index (χ4v) is 0.169. The third kappa shape index (κ3) is 3.85. The molecule has 38 valence electrons. The average molecular weight is 92.1 g/mol. The van der Waals surface area contributed by atoms with Gasteiger partial charge in [-0.25, -0.2) is 4.39 Å². The molecule has 2 nitrogen and oxygen atoms in total. The van der Waals surface area contributed by atoms with Gasteiger partial charge in [-0.3, -0.25) is 5.32 Å². The summed E-state index contributed by atoms with van der Waals surface area (Å²) in [7, 11) is 0. The van der Waals surface area contributed by atoms with Crippen LogP contribution < -0.4 is 11.1 Å². The Morgan fingerprint density at radius 2 is 2.33 bits per heavy atom. The number of halogens is 1. The Morgan fingerprint density at radius 1 is 1.67 bits per heavy atom. The molecule has 0 aliphatic rings. The number of nitrogens with two attached hydrogens (primary N) is 1. The van der Waals surface area contributed by atoms with Gasteiger partial charge in [-0.15, -0.1) is 0 Å². The lowest BCUT2D eigenvalue weighted by Crippen LogP contribution is -2.20. The van der Waals surface area contributed by atoms with Gasteiger partial charge in [-0.1, -0.05) is 0 Å². The molecule has 0 unspecified atom stereocenters. The van der Waals surface area contributed by atoms with Gasteiger partial charge < -0.3 is 5.73 Å². The van der Waals surface area contributed by atoms with E-state index in [-0.39, 0.29) is 0 Å². The predicted molar refractivity (Wildman–Crippen MR) is 23.0 cm³/mol. The fraction of sp³-hybridized carbons (Fsp3) is 1.00. The zero-order valence-electron chi connectivity index (χ0n) is 3.58. The maximum absolute atomic E-state index is 11.0. The molecule has 0 bridgehead atoms. The first-order valence-corrected chi connectivity index (χ1v) is 1.88. The smallest absolute Gasteiger partial charge is 0.140 e. The summed E-state index contributed by atoms with van der Waals surface area (Å²) >= 11 is 0. The van der Waals surface area contributed by atoms with E-state index in [1.807, 2.05) is 0 Å². The molecule has 0 amide bonds. The van der Waals surface area contributed by atoms with Crippen molar-refractivity contribution in [3.63, 3.8) is 0 Å². The third-order valence-corrected chi connectivity index (χ3v) is 0.416. The molecule has 0 saturated heterocycles. The molecular weight excluding hydrogens is 83.0 g/mol. The minimum atomic E-state index is -0.475. The van der Waals surface area contributed by atoms with Gasteiger partial charge in [-0.2, -0.15) is 0 Å². The molecule has 0 spiro atoms. The first-order valence-electron chi connectivity index (χ1n) is 1.88. The molecule has 0 rings (SSSR count). The van der Waals surface area contributed by atoms with Crippen molar-refractivity contribution in [2.24, 2.45) is 5.73 Å². The largest absolute Gasteiger partial charge is 0.329 e. The average Bonchev–Trinajstić information content (AvgIpc) is 1.61. The van der Waals surface area contributed by atoms with Crippen LogP contribution in [0.15, 0.2) is 0 Å². The van der Waals surface area contributed by atoms with Crippen LogP contribution in [0, 0.1) is 0 Å². The van der Waals surface area contributed by atoms with Crippen molar-refractivity contribution in [3.05, 3.63) is 0 Å². The highest BCUT2D eigenvalue weighted by molar-refractivity contribution is 4.36. The molecule has 3 heteroatoms. The van der Waals surface area contributed by atoms with E-state index >= 15 is 0 Å². The molecule has 0 aromatic carbocycles. The minimum Gasteiger partial charge on any atom is -0.329 e. The molecule has 0 fully saturated rings. The second-order valence-corrected chi connectivity index (χ2v) is 0.922. The molecule has 6 heavy (non-hydrogen) atoms. The van der Waals surface area contributed by atoms with Crippen molar-refractivity contribution in [2.45, 2.75) is 0 Å². The molecule has 0 atom stereocenters. The summed E-state index contributed by atoms with van der Waals surface area (Å²) in [5, 5.41) is 2.41. The Kier molecular flexibility index (Phi) is 4.73. The van der Waals surface area contributed by atoms with E-state index in [9.17, 15) is 4.39 Å². The van der Waals surface area contributed by atoms with Crippen molar-refractivity contribution < 1.29 is 4.39 Å². The highest BCUT2D eigenvalue weighted by Gasteiger charge is 1.73. The lowest BCUT2D eigenvalue weighted by molar-refractivity contribution is 0.430. The summed E-state index contributed by atoms with van der Waals surface area (Å²) < 4.78 is 11.0. The zero-order chi connectivity index (χ0) is 4.83. The molecule has 3 N–H and O–H groups in total. The van der Waals surface area contributed by atoms with Crippen LogP contribution in [0.25, 0.3) is 0 Å². The lowest BCUT2D eigenvalue weighted by atomic mass is 10.7. The summed E-state index contributed by atoms with van der Waals surface area (Å²) in [4.78, 5) is 0. The topological polar surface area (TPSA) is 38.0 Å². The van der Waals surface area contributed by atoms with Crippen LogP contribution in [0.3, 0.4) is 0 Å². The van der Waals surface area contributed by atoms with Gasteiger partial charge >= 0.3 is 0 Å². The molecule has 0 aliphatic heterocycles. The van der Waals surface area contributed by atoms with Crippen molar-refractivity contribution in [3.8, 4) is 0 Å². The maximum atomic E-state index is 11.0. The minimum absolute atomic E-state index is 0.475. The monoisotopic (exact) mass is 92.1 g/mol. The Morgan fingerprint density at radius 3 is 2.50 bits per heavy atom. The predicted octanol–water partition coefficient (Wildman–Crippen LogP) is -0.538. The third-order valence-electron chi connectivity index (χ3n) is 0.416. The fourth-order valence-electron chi connectivity index (χ4n) is 0.169. The van der Waals surface area contributed by atoms with Crippen LogP contribution >= 0.6 is 0 Å². The van der Waals surface area contributed by atoms with E-state index < -0.39 is 6.80 Å². The maximum Gasteiger partial charge on any atom is 0.140 e. The van der Waals surface area contributed by atoms with Crippen LogP contribution in [0.5, 0.6) is 0 Å². The molecule has 0 saturated carbocycles. The molecular formula is C3H9FN2. The van der Waals surface area contributed by atoms with Crippen molar-refractivity contribution in [2.75, 3.05) is 19.9 Å². The molecule has 0 aliphatic carbocycles. The standard InChI is InChI=1S/C3H9FN2/c4-3-6-2-1-5/h6H,1-3,5H2. The summed E-state index contributed by atoms with van der Waals surface area (Å²) in [6.45, 7) is 0.595. The van der Waals surface area contributed by atoms with Crippen LogP contribution in [0.2, 0.25) is 0 Å². The molecule has 0 radical (unpaired) electrons. The quantitative estimate of drug-likeness (QED) is 0.362. The van der Waals surface area contributed by atoms with Gasteiger partial charge in [0.15, 0.2) is 0 Å².